The van der Waals surface area contributed by atoms with Crippen LogP contribution in [0.1, 0.15) is 5.56 Å². The van der Waals surface area contributed by atoms with Gasteiger partial charge in [-0.1, -0.05) is 0 Å². The average Bonchev–Trinajstić information content (AvgIpc) is 3.32. The summed E-state index contributed by atoms with van der Waals surface area (Å²) in [6.07, 6.45) is -1.37. The summed E-state index contributed by atoms with van der Waals surface area (Å²) in [5.41, 5.74) is 0.207. The standard InChI is InChI=1S/C18H14F4N6OS/c1-27-16-12(17(19)25-27)4-5-13(29-2)15(16)26-30-11-3-6-14(23-8-11)28-9-10(7-24-28)18(20,21)22/h3-9,26H,1-2H3. The summed E-state index contributed by atoms with van der Waals surface area (Å²) in [6, 6.07) is 6.43. The zero-order chi connectivity index (χ0) is 21.5. The SMILES string of the molecule is COc1ccc2c(F)nn(C)c2c1NSc1ccc(-n2cc(C(F)(F)F)cn2)nc1. The van der Waals surface area contributed by atoms with Gasteiger partial charge < -0.3 is 9.46 Å². The van der Waals surface area contributed by atoms with E-state index in [9.17, 15) is 17.6 Å². The van der Waals surface area contributed by atoms with Crippen molar-refractivity contribution in [3.05, 3.63) is 54.4 Å². The molecule has 0 aliphatic carbocycles. The molecule has 12 heteroatoms. The Morgan fingerprint density at radius 3 is 2.57 bits per heavy atom. The zero-order valence-corrected chi connectivity index (χ0v) is 16.4. The van der Waals surface area contributed by atoms with Crippen molar-refractivity contribution >= 4 is 28.5 Å². The van der Waals surface area contributed by atoms with Crippen molar-refractivity contribution in [3.8, 4) is 11.6 Å². The third-order valence-electron chi connectivity index (χ3n) is 4.28. The number of alkyl halides is 3. The van der Waals surface area contributed by atoms with Crippen molar-refractivity contribution in [3.63, 3.8) is 0 Å². The first-order chi connectivity index (χ1) is 14.3. The number of halogens is 4. The lowest BCUT2D eigenvalue weighted by Gasteiger charge is -2.12. The minimum atomic E-state index is -4.47. The van der Waals surface area contributed by atoms with Crippen LogP contribution >= 0.6 is 11.9 Å². The number of benzene rings is 1. The maximum atomic E-state index is 14.0. The lowest BCUT2D eigenvalue weighted by molar-refractivity contribution is -0.137. The molecule has 3 aromatic heterocycles. The third kappa shape index (κ3) is 3.65. The maximum Gasteiger partial charge on any atom is 0.419 e. The van der Waals surface area contributed by atoms with E-state index in [2.05, 4.69) is 19.9 Å². The number of pyridine rings is 1. The molecule has 0 unspecified atom stereocenters. The summed E-state index contributed by atoms with van der Waals surface area (Å²) in [5.74, 6) is 0.147. The third-order valence-corrected chi connectivity index (χ3v) is 5.06. The number of fused-ring (bicyclic) bond motifs is 1. The molecule has 0 fully saturated rings. The molecule has 7 nitrogen and oxygen atoms in total. The Kier molecular flexibility index (Phi) is 5.02. The van der Waals surface area contributed by atoms with E-state index in [0.29, 0.717) is 27.2 Å². The van der Waals surface area contributed by atoms with Gasteiger partial charge >= 0.3 is 6.18 Å². The Morgan fingerprint density at radius 2 is 1.93 bits per heavy atom. The summed E-state index contributed by atoms with van der Waals surface area (Å²) in [7, 11) is 3.12. The van der Waals surface area contributed by atoms with Crippen molar-refractivity contribution < 1.29 is 22.3 Å². The number of hydrogen-bond acceptors (Lipinski definition) is 6. The molecule has 0 saturated carbocycles. The number of ether oxygens (including phenoxy) is 1. The van der Waals surface area contributed by atoms with Crippen molar-refractivity contribution in [1.82, 2.24) is 24.5 Å². The lowest BCUT2D eigenvalue weighted by Crippen LogP contribution is -2.03. The van der Waals surface area contributed by atoms with Gasteiger partial charge in [-0.05, 0) is 36.2 Å². The molecule has 0 bridgehead atoms. The minimum Gasteiger partial charge on any atom is -0.494 e. The van der Waals surface area contributed by atoms with Crippen molar-refractivity contribution in [2.75, 3.05) is 11.8 Å². The van der Waals surface area contributed by atoms with Gasteiger partial charge in [0.15, 0.2) is 5.82 Å². The molecule has 30 heavy (non-hydrogen) atoms. The molecule has 4 rings (SSSR count). The van der Waals surface area contributed by atoms with Crippen LogP contribution in [-0.2, 0) is 13.2 Å². The van der Waals surface area contributed by atoms with Gasteiger partial charge in [0.25, 0.3) is 0 Å². The van der Waals surface area contributed by atoms with Gasteiger partial charge in [0.05, 0.1) is 29.8 Å². The first kappa shape index (κ1) is 20.0. The van der Waals surface area contributed by atoms with Crippen LogP contribution in [0.3, 0.4) is 0 Å². The summed E-state index contributed by atoms with van der Waals surface area (Å²) in [5, 5.41) is 7.83. The highest BCUT2D eigenvalue weighted by molar-refractivity contribution is 8.00. The normalized spacial score (nSPS) is 11.8. The van der Waals surface area contributed by atoms with Gasteiger partial charge in [0.1, 0.15) is 11.4 Å². The molecule has 3 heterocycles. The number of hydrogen-bond donors (Lipinski definition) is 1. The second-order valence-electron chi connectivity index (χ2n) is 6.18. The predicted octanol–water partition coefficient (Wildman–Crippen LogP) is 4.44. The molecular weight excluding hydrogens is 424 g/mol. The molecule has 0 spiro atoms. The van der Waals surface area contributed by atoms with Crippen LogP contribution in [0, 0.1) is 5.95 Å². The summed E-state index contributed by atoms with van der Waals surface area (Å²) < 4.78 is 63.1. The molecule has 0 radical (unpaired) electrons. The lowest BCUT2D eigenvalue weighted by atomic mass is 10.2. The average molecular weight is 438 g/mol. The van der Waals surface area contributed by atoms with Crippen LogP contribution in [0.2, 0.25) is 0 Å². The van der Waals surface area contributed by atoms with E-state index in [0.717, 1.165) is 17.1 Å². The number of methoxy groups -OCH3 is 1. The largest absolute Gasteiger partial charge is 0.494 e. The van der Waals surface area contributed by atoms with E-state index >= 15 is 0 Å². The minimum absolute atomic E-state index is 0.239. The van der Waals surface area contributed by atoms with Crippen LogP contribution in [0.4, 0.5) is 23.2 Å². The van der Waals surface area contributed by atoms with E-state index in [1.54, 1.807) is 31.3 Å². The molecule has 1 aromatic carbocycles. The number of nitrogens with one attached hydrogen (secondary N) is 1. The Bertz CT molecular complexity index is 1200. The molecule has 0 saturated heterocycles. The highest BCUT2D eigenvalue weighted by Gasteiger charge is 2.32. The van der Waals surface area contributed by atoms with Crippen molar-refractivity contribution in [1.29, 1.82) is 0 Å². The summed E-state index contributed by atoms with van der Waals surface area (Å²) in [6.45, 7) is 0. The van der Waals surface area contributed by atoms with Gasteiger partial charge in [0.2, 0.25) is 5.95 Å². The number of aryl methyl sites for hydroxylation is 1. The van der Waals surface area contributed by atoms with E-state index < -0.39 is 17.7 Å². The van der Waals surface area contributed by atoms with Crippen LogP contribution in [0.25, 0.3) is 16.7 Å². The van der Waals surface area contributed by atoms with Gasteiger partial charge in [0, 0.05) is 24.3 Å². The van der Waals surface area contributed by atoms with Gasteiger partial charge in [-0.25, -0.2) is 9.67 Å². The number of rotatable bonds is 5. The fourth-order valence-electron chi connectivity index (χ4n) is 2.85. The van der Waals surface area contributed by atoms with Crippen LogP contribution in [0.15, 0.2) is 47.8 Å². The van der Waals surface area contributed by atoms with Gasteiger partial charge in [-0.3, -0.25) is 4.68 Å². The monoisotopic (exact) mass is 438 g/mol. The molecule has 1 N–H and O–H groups in total. The van der Waals surface area contributed by atoms with Crippen LogP contribution in [-0.4, -0.2) is 31.7 Å². The van der Waals surface area contributed by atoms with Crippen LogP contribution < -0.4 is 9.46 Å². The molecule has 4 aromatic rings. The summed E-state index contributed by atoms with van der Waals surface area (Å²) in [4.78, 5) is 4.82. The fourth-order valence-corrected chi connectivity index (χ4v) is 3.51. The van der Waals surface area contributed by atoms with E-state index in [1.165, 1.54) is 29.9 Å². The molecule has 0 amide bonds. The quantitative estimate of drug-likeness (QED) is 0.367. The van der Waals surface area contributed by atoms with Crippen LogP contribution in [0.5, 0.6) is 5.75 Å². The maximum absolute atomic E-state index is 14.0. The number of aromatic nitrogens is 5. The second kappa shape index (κ2) is 7.52. The van der Waals surface area contributed by atoms with Gasteiger partial charge in [-0.15, -0.1) is 5.10 Å². The first-order valence-corrected chi connectivity index (χ1v) is 9.30. The van der Waals surface area contributed by atoms with E-state index in [4.69, 9.17) is 4.74 Å². The second-order valence-corrected chi connectivity index (χ2v) is 7.06. The smallest absolute Gasteiger partial charge is 0.419 e. The Labute approximate surface area is 171 Å². The molecule has 156 valence electrons. The highest BCUT2D eigenvalue weighted by atomic mass is 32.2. The first-order valence-electron chi connectivity index (χ1n) is 8.48. The van der Waals surface area contributed by atoms with E-state index in [1.807, 2.05) is 0 Å². The highest BCUT2D eigenvalue weighted by Crippen LogP contribution is 2.37. The predicted molar refractivity (Wildman–Crippen MR) is 103 cm³/mol. The molecule has 0 aliphatic rings. The topological polar surface area (TPSA) is 69.8 Å². The molecule has 0 atom stereocenters. The van der Waals surface area contributed by atoms with Crippen molar-refractivity contribution in [2.45, 2.75) is 11.1 Å². The summed E-state index contributed by atoms with van der Waals surface area (Å²) >= 11 is 1.18. The number of nitrogens with zero attached hydrogens (tertiary/aromatic N) is 5. The van der Waals surface area contributed by atoms with Crippen molar-refractivity contribution in [2.24, 2.45) is 7.05 Å². The number of anilines is 1. The Balaban J connectivity index is 1.56. The molecule has 0 aliphatic heterocycles. The van der Waals surface area contributed by atoms with Gasteiger partial charge in [-0.2, -0.15) is 22.7 Å². The fraction of sp³-hybridized carbons (Fsp3) is 0.167. The Hall–Kier alpha value is -3.28. The Morgan fingerprint density at radius 1 is 1.13 bits per heavy atom. The molecular formula is C18H14F4N6OS. The zero-order valence-electron chi connectivity index (χ0n) is 15.6. The van der Waals surface area contributed by atoms with E-state index in [-0.39, 0.29) is 5.82 Å².